The van der Waals surface area contributed by atoms with Gasteiger partial charge in [0.2, 0.25) is 0 Å². The predicted octanol–water partition coefficient (Wildman–Crippen LogP) is 1.68. The summed E-state index contributed by atoms with van der Waals surface area (Å²) in [5.41, 5.74) is -0.393. The molecule has 1 aromatic carbocycles. The minimum Gasteiger partial charge on any atom is -0.364 e. The van der Waals surface area contributed by atoms with Crippen molar-refractivity contribution in [2.24, 2.45) is 0 Å². The summed E-state index contributed by atoms with van der Waals surface area (Å²) < 4.78 is 31.9. The first kappa shape index (κ1) is 11.5. The summed E-state index contributed by atoms with van der Waals surface area (Å²) in [5.74, 6) is -3.77. The molecule has 0 N–H and O–H groups in total. The second-order valence-corrected chi connectivity index (χ2v) is 4.01. The van der Waals surface area contributed by atoms with Crippen molar-refractivity contribution in [1.29, 1.82) is 0 Å². The number of Topliss-reactive ketones (excluding diaryl/α,β-unsaturated/α-hetero) is 1. The van der Waals surface area contributed by atoms with Crippen molar-refractivity contribution in [2.45, 2.75) is 6.54 Å². The fraction of sp³-hybridized carbons (Fsp3) is 0.0833. The van der Waals surface area contributed by atoms with Crippen molar-refractivity contribution >= 4 is 17.4 Å². The number of benzene rings is 1. The van der Waals surface area contributed by atoms with Gasteiger partial charge in [0.25, 0.3) is 11.7 Å². The first-order chi connectivity index (χ1) is 9.09. The van der Waals surface area contributed by atoms with Gasteiger partial charge in [0, 0.05) is 5.56 Å². The molecule has 0 radical (unpaired) electrons. The van der Waals surface area contributed by atoms with Gasteiger partial charge in [-0.1, -0.05) is 5.16 Å². The molecule has 19 heavy (non-hydrogen) atoms. The van der Waals surface area contributed by atoms with Gasteiger partial charge in [-0.2, -0.15) is 0 Å². The fourth-order valence-electron chi connectivity index (χ4n) is 1.99. The standard InChI is InChI=1S/C12H6F2N2O3/c13-7-1-2-8(14)10-9(7)11(17)12(18)16(10)4-6-3-15-19-5-6/h1-3,5H,4H2. The molecular weight excluding hydrogens is 258 g/mol. The molecule has 5 nitrogen and oxygen atoms in total. The minimum absolute atomic E-state index is 0.110. The summed E-state index contributed by atoms with van der Waals surface area (Å²) in [6.07, 6.45) is 2.58. The van der Waals surface area contributed by atoms with Crippen LogP contribution in [0.4, 0.5) is 14.5 Å². The monoisotopic (exact) mass is 264 g/mol. The lowest BCUT2D eigenvalue weighted by Gasteiger charge is -2.15. The lowest BCUT2D eigenvalue weighted by molar-refractivity contribution is -0.114. The smallest absolute Gasteiger partial charge is 0.299 e. The number of hydrogen-bond donors (Lipinski definition) is 0. The molecular formula is C12H6F2N2O3. The highest BCUT2D eigenvalue weighted by Gasteiger charge is 2.40. The predicted molar refractivity (Wildman–Crippen MR) is 58.4 cm³/mol. The summed E-state index contributed by atoms with van der Waals surface area (Å²) in [6, 6.07) is 1.70. The molecule has 2 heterocycles. The maximum absolute atomic E-state index is 13.7. The van der Waals surface area contributed by atoms with E-state index in [1.54, 1.807) is 0 Å². The molecule has 1 aromatic heterocycles. The quantitative estimate of drug-likeness (QED) is 0.774. The number of ketones is 1. The Kier molecular flexibility index (Phi) is 2.41. The van der Waals surface area contributed by atoms with Gasteiger partial charge in [-0.05, 0) is 12.1 Å². The zero-order valence-electron chi connectivity index (χ0n) is 9.39. The summed E-state index contributed by atoms with van der Waals surface area (Å²) in [5, 5.41) is 3.44. The Morgan fingerprint density at radius 2 is 1.95 bits per heavy atom. The van der Waals surface area contributed by atoms with Gasteiger partial charge in [0.1, 0.15) is 17.9 Å². The second kappa shape index (κ2) is 3.98. The lowest BCUT2D eigenvalue weighted by Crippen LogP contribution is -2.29. The van der Waals surface area contributed by atoms with Gasteiger partial charge in [0.05, 0.1) is 24.0 Å². The van der Waals surface area contributed by atoms with Crippen molar-refractivity contribution in [2.75, 3.05) is 4.90 Å². The molecule has 0 saturated heterocycles. The second-order valence-electron chi connectivity index (χ2n) is 4.01. The van der Waals surface area contributed by atoms with Gasteiger partial charge in [-0.25, -0.2) is 8.78 Å². The zero-order chi connectivity index (χ0) is 13.6. The number of rotatable bonds is 2. The number of carbonyl (C=O) groups excluding carboxylic acids is 2. The zero-order valence-corrected chi connectivity index (χ0v) is 9.39. The highest BCUT2D eigenvalue weighted by Crippen LogP contribution is 2.34. The summed E-state index contributed by atoms with van der Waals surface area (Å²) in [4.78, 5) is 24.3. The molecule has 2 aromatic rings. The lowest BCUT2D eigenvalue weighted by atomic mass is 10.1. The van der Waals surface area contributed by atoms with Crippen LogP contribution in [-0.2, 0) is 11.3 Å². The van der Waals surface area contributed by atoms with Crippen LogP contribution in [0, 0.1) is 11.6 Å². The number of aromatic nitrogens is 1. The first-order valence-corrected chi connectivity index (χ1v) is 5.32. The first-order valence-electron chi connectivity index (χ1n) is 5.32. The number of halogens is 2. The SMILES string of the molecule is O=C1C(=O)N(Cc2cnoc2)c2c(F)ccc(F)c21. The van der Waals surface area contributed by atoms with E-state index in [9.17, 15) is 18.4 Å². The molecule has 1 aliphatic heterocycles. The molecule has 0 saturated carbocycles. The maximum atomic E-state index is 13.7. The molecule has 0 fully saturated rings. The van der Waals surface area contributed by atoms with E-state index in [1.165, 1.54) is 12.5 Å². The maximum Gasteiger partial charge on any atom is 0.299 e. The summed E-state index contributed by atoms with van der Waals surface area (Å²) in [6.45, 7) is -0.110. The van der Waals surface area contributed by atoms with E-state index in [-0.39, 0.29) is 12.2 Å². The van der Waals surface area contributed by atoms with E-state index < -0.39 is 28.9 Å². The number of fused-ring (bicyclic) bond motifs is 1. The van der Waals surface area contributed by atoms with Crippen LogP contribution in [0.3, 0.4) is 0 Å². The summed E-state index contributed by atoms with van der Waals surface area (Å²) >= 11 is 0. The van der Waals surface area contributed by atoms with Crippen molar-refractivity contribution in [3.05, 3.63) is 47.4 Å². The van der Waals surface area contributed by atoms with Crippen LogP contribution < -0.4 is 4.90 Å². The van der Waals surface area contributed by atoms with Crippen molar-refractivity contribution in [3.8, 4) is 0 Å². The Hall–Kier alpha value is -2.57. The molecule has 3 rings (SSSR count). The Balaban J connectivity index is 2.12. The van der Waals surface area contributed by atoms with Crippen LogP contribution in [0.25, 0.3) is 0 Å². The summed E-state index contributed by atoms with van der Waals surface area (Å²) in [7, 11) is 0. The van der Waals surface area contributed by atoms with Crippen molar-refractivity contribution < 1.29 is 22.9 Å². The average Bonchev–Trinajstić information content (AvgIpc) is 2.97. The van der Waals surface area contributed by atoms with Crippen LogP contribution in [0.2, 0.25) is 0 Å². The van der Waals surface area contributed by atoms with E-state index in [0.29, 0.717) is 5.56 Å². The normalized spacial score (nSPS) is 14.1. The minimum atomic E-state index is -1.05. The van der Waals surface area contributed by atoms with Gasteiger partial charge in [-0.15, -0.1) is 0 Å². The van der Waals surface area contributed by atoms with E-state index in [2.05, 4.69) is 9.68 Å². The van der Waals surface area contributed by atoms with Crippen molar-refractivity contribution in [1.82, 2.24) is 5.16 Å². The Morgan fingerprint density at radius 1 is 1.21 bits per heavy atom. The molecule has 1 amide bonds. The van der Waals surface area contributed by atoms with Crippen LogP contribution in [-0.4, -0.2) is 16.8 Å². The third-order valence-corrected chi connectivity index (χ3v) is 2.84. The number of carbonyl (C=O) groups is 2. The number of anilines is 1. The number of hydrogen-bond acceptors (Lipinski definition) is 4. The average molecular weight is 264 g/mol. The van der Waals surface area contributed by atoms with Gasteiger partial charge >= 0.3 is 0 Å². The molecule has 0 aliphatic carbocycles. The number of nitrogens with zero attached hydrogens (tertiary/aromatic N) is 2. The molecule has 96 valence electrons. The number of amides is 1. The fourth-order valence-corrected chi connectivity index (χ4v) is 1.99. The van der Waals surface area contributed by atoms with E-state index in [0.717, 1.165) is 17.0 Å². The molecule has 0 atom stereocenters. The van der Waals surface area contributed by atoms with Crippen LogP contribution in [0.1, 0.15) is 15.9 Å². The van der Waals surface area contributed by atoms with Crippen molar-refractivity contribution in [3.63, 3.8) is 0 Å². The highest BCUT2D eigenvalue weighted by molar-refractivity contribution is 6.52. The van der Waals surface area contributed by atoms with Gasteiger partial charge in [-0.3, -0.25) is 14.5 Å². The Labute approximate surface area is 105 Å². The van der Waals surface area contributed by atoms with Gasteiger partial charge < -0.3 is 4.52 Å². The van der Waals surface area contributed by atoms with Crippen LogP contribution in [0.5, 0.6) is 0 Å². The van der Waals surface area contributed by atoms with Crippen LogP contribution in [0.15, 0.2) is 29.1 Å². The molecule has 0 bridgehead atoms. The topological polar surface area (TPSA) is 63.4 Å². The van der Waals surface area contributed by atoms with Crippen LogP contribution >= 0.6 is 0 Å². The van der Waals surface area contributed by atoms with E-state index in [4.69, 9.17) is 0 Å². The molecule has 7 heteroatoms. The Morgan fingerprint density at radius 3 is 2.63 bits per heavy atom. The third-order valence-electron chi connectivity index (χ3n) is 2.84. The highest BCUT2D eigenvalue weighted by atomic mass is 19.1. The molecule has 0 spiro atoms. The van der Waals surface area contributed by atoms with E-state index in [1.807, 2.05) is 0 Å². The molecule has 0 unspecified atom stereocenters. The Bertz CT molecular complexity index is 683. The molecule has 1 aliphatic rings. The largest absolute Gasteiger partial charge is 0.364 e. The van der Waals surface area contributed by atoms with Gasteiger partial charge in [0.15, 0.2) is 0 Å². The third kappa shape index (κ3) is 1.62. The van der Waals surface area contributed by atoms with E-state index >= 15 is 0 Å².